The smallest absolute Gasteiger partial charge is 0.434 e. The maximum absolute atomic E-state index is 14.0. The van der Waals surface area contributed by atoms with Gasteiger partial charge in [-0.25, -0.2) is 13.2 Å². The molecule has 28 heteroatoms. The Hall–Kier alpha value is -7.37. The number of anilines is 1. The number of hydrogen-bond acceptors (Lipinski definition) is 21. The van der Waals surface area contributed by atoms with E-state index in [1.807, 2.05) is 49.3 Å². The number of thiophene rings is 1. The summed E-state index contributed by atoms with van der Waals surface area (Å²) in [4.78, 5) is 97.3. The van der Waals surface area contributed by atoms with Crippen molar-refractivity contribution in [2.24, 2.45) is 0 Å². The number of nitrogens with zero attached hydrogens (tertiary/aromatic N) is 1. The number of sulfonamides is 1. The van der Waals surface area contributed by atoms with Crippen molar-refractivity contribution in [1.82, 2.24) is 31.3 Å². The lowest BCUT2D eigenvalue weighted by atomic mass is 9.94. The molecule has 1 saturated heterocycles. The minimum atomic E-state index is -4.03. The molecule has 26 nitrogen and oxygen atoms in total. The van der Waals surface area contributed by atoms with Gasteiger partial charge in [-0.3, -0.25) is 33.7 Å². The SMILES string of the molecule is Cc1c(C)c(S(=O)(=O)NCNCCC[C@H](NC(=O)CCC(=O)OCOc2cc(N3CCOCC3)[o+]c3c(-c4ccc5c(c4)OCCO5)csc23)C(=O)NCC(=O)N[C@@H](CC(=O)OC(C)(C)C)C(=O)N[C@@H](COC(C)(C)C)C(=O)OC(C)(C)C)c(C)c2c1OC(C)(C)C2. The second-order valence-corrected chi connectivity index (χ2v) is 28.9. The predicted molar refractivity (Wildman–Crippen MR) is 341 cm³/mol. The van der Waals surface area contributed by atoms with E-state index in [4.69, 9.17) is 47.0 Å². The number of benzene rings is 2. The van der Waals surface area contributed by atoms with Gasteiger partial charge in [0, 0.05) is 36.9 Å². The zero-order chi connectivity index (χ0) is 67.5. The summed E-state index contributed by atoms with van der Waals surface area (Å²) in [6.07, 6.45) is -0.867. The highest BCUT2D eigenvalue weighted by atomic mass is 32.2. The third kappa shape index (κ3) is 20.6. The first-order valence-electron chi connectivity index (χ1n) is 30.7. The first-order chi connectivity index (χ1) is 43.1. The van der Waals surface area contributed by atoms with Gasteiger partial charge in [-0.2, -0.15) is 9.14 Å². The summed E-state index contributed by atoms with van der Waals surface area (Å²) in [5.41, 5.74) is 1.71. The van der Waals surface area contributed by atoms with Crippen molar-refractivity contribution < 1.29 is 89.0 Å². The van der Waals surface area contributed by atoms with Crippen LogP contribution in [0.1, 0.15) is 131 Å². The Balaban J connectivity index is 1.00. The molecule has 2 aromatic heterocycles. The molecule has 3 aliphatic rings. The van der Waals surface area contributed by atoms with Crippen LogP contribution in [0, 0.1) is 20.8 Å². The molecule has 0 spiro atoms. The van der Waals surface area contributed by atoms with E-state index >= 15 is 0 Å². The maximum Gasteiger partial charge on any atom is 0.434 e. The fourth-order valence-corrected chi connectivity index (χ4v) is 12.7. The largest absolute Gasteiger partial charge is 0.487 e. The molecule has 6 N–H and O–H groups in total. The minimum absolute atomic E-state index is 0.0506. The summed E-state index contributed by atoms with van der Waals surface area (Å²) in [5, 5.41) is 15.1. The van der Waals surface area contributed by atoms with Crippen LogP contribution in [0.5, 0.6) is 23.0 Å². The van der Waals surface area contributed by atoms with Gasteiger partial charge in [-0.15, -0.1) is 11.3 Å². The second kappa shape index (κ2) is 30.6. The standard InChI is InChI=1S/C64H89N7O19S2/c1-37-38(2)57(39(3)41-31-64(13,14)89-54(37)41)92(79,80)67-35-65-21-15-16-43(58(76)66-32-50(73)69-44(29-53(75)88-62(7,8)9)59(77)70-45(33-86-61(4,5)6)60(78)90-63(10,11)12)68-49(72)19-20-52(74)85-36-84-48-30-51(71-22-24-81-25-23-71)87-55-42(34-91-56(48)55)40-17-18-46-47(28-40)83-27-26-82-46/h17-18,28,30,34,43-45,65,67H,15-16,19-27,29,31-33,35-36H2,1-14H3,(H3-,66,68,69,70,72,73,76,77)/p+1/t43-,44-,45-/m0/s1. The number of esters is 3. The number of morpholine rings is 1. The fourth-order valence-electron chi connectivity index (χ4n) is 10.2. The minimum Gasteiger partial charge on any atom is -0.487 e. The molecule has 3 atom stereocenters. The van der Waals surface area contributed by atoms with Gasteiger partial charge in [0.25, 0.3) is 0 Å². The van der Waals surface area contributed by atoms with E-state index in [0.29, 0.717) is 96.2 Å². The van der Waals surface area contributed by atoms with Crippen molar-refractivity contribution in [2.75, 3.05) is 77.6 Å². The van der Waals surface area contributed by atoms with Crippen molar-refractivity contribution in [3.8, 4) is 34.1 Å². The van der Waals surface area contributed by atoms with Crippen molar-refractivity contribution in [1.29, 1.82) is 0 Å². The lowest BCUT2D eigenvalue weighted by Gasteiger charge is -2.28. The molecule has 506 valence electrons. The number of nitrogens with one attached hydrogen (secondary N) is 6. The Morgan fingerprint density at radius 2 is 1.45 bits per heavy atom. The van der Waals surface area contributed by atoms with Crippen molar-refractivity contribution in [3.63, 3.8) is 0 Å². The number of carbonyl (C=O) groups excluding carboxylic acids is 7. The van der Waals surface area contributed by atoms with Crippen LogP contribution in [0.25, 0.3) is 21.4 Å². The zero-order valence-electron chi connectivity index (χ0n) is 55.2. The van der Waals surface area contributed by atoms with Crippen LogP contribution in [0.2, 0.25) is 0 Å². The third-order valence-electron chi connectivity index (χ3n) is 14.6. The Morgan fingerprint density at radius 3 is 2.13 bits per heavy atom. The molecular formula is C64H90N7O19S2+. The molecule has 7 rings (SSSR count). The molecular weight excluding hydrogens is 1230 g/mol. The molecule has 5 heterocycles. The monoisotopic (exact) mass is 1320 g/mol. The van der Waals surface area contributed by atoms with Gasteiger partial charge in [-0.05, 0) is 151 Å². The molecule has 0 radical (unpaired) electrons. The van der Waals surface area contributed by atoms with Crippen LogP contribution in [-0.2, 0) is 73.7 Å². The maximum atomic E-state index is 14.0. The van der Waals surface area contributed by atoms with Gasteiger partial charge in [0.2, 0.25) is 40.4 Å². The van der Waals surface area contributed by atoms with Crippen LogP contribution in [-0.4, -0.2) is 163 Å². The van der Waals surface area contributed by atoms with Gasteiger partial charge in [0.15, 0.2) is 28.0 Å². The Bertz CT molecular complexity index is 3470. The summed E-state index contributed by atoms with van der Waals surface area (Å²) in [5.74, 6) is -3.11. The Morgan fingerprint density at radius 1 is 0.761 bits per heavy atom. The van der Waals surface area contributed by atoms with Crippen LogP contribution >= 0.6 is 11.3 Å². The summed E-state index contributed by atoms with van der Waals surface area (Å²) in [6.45, 7) is 25.6. The molecule has 1 fully saturated rings. The lowest BCUT2D eigenvalue weighted by Crippen LogP contribution is -2.56. The molecule has 0 unspecified atom stereocenters. The van der Waals surface area contributed by atoms with E-state index in [2.05, 4.69) is 31.3 Å². The van der Waals surface area contributed by atoms with E-state index < -0.39 is 125 Å². The van der Waals surface area contributed by atoms with Crippen molar-refractivity contribution >= 4 is 79.1 Å². The summed E-state index contributed by atoms with van der Waals surface area (Å²) in [6, 6.07) is 3.05. The van der Waals surface area contributed by atoms with Crippen LogP contribution in [0.4, 0.5) is 5.88 Å². The molecule has 3 aliphatic heterocycles. The molecule has 0 bridgehead atoms. The summed E-state index contributed by atoms with van der Waals surface area (Å²) in [7, 11) is -4.03. The Kier molecular flexibility index (Phi) is 24.0. The van der Waals surface area contributed by atoms with Gasteiger partial charge < -0.3 is 69.2 Å². The average molecular weight is 1330 g/mol. The molecule has 4 aromatic rings. The first kappa shape index (κ1) is 72.1. The summed E-state index contributed by atoms with van der Waals surface area (Å²) < 4.78 is 89.2. The van der Waals surface area contributed by atoms with Crippen LogP contribution < -0.4 is 55.2 Å². The van der Waals surface area contributed by atoms with E-state index in [-0.39, 0.29) is 37.6 Å². The van der Waals surface area contributed by atoms with Gasteiger partial charge in [0.1, 0.15) is 53.9 Å². The number of ether oxygens (including phenoxy) is 9. The molecule has 0 aliphatic carbocycles. The number of hydrogen-bond donors (Lipinski definition) is 6. The third-order valence-corrected chi connectivity index (χ3v) is 17.2. The molecule has 92 heavy (non-hydrogen) atoms. The van der Waals surface area contributed by atoms with Crippen LogP contribution in [0.3, 0.4) is 0 Å². The van der Waals surface area contributed by atoms with Gasteiger partial charge >= 0.3 is 29.4 Å². The number of amides is 4. The lowest BCUT2D eigenvalue weighted by molar-refractivity contribution is -0.162. The van der Waals surface area contributed by atoms with E-state index in [1.54, 1.807) is 82.2 Å². The summed E-state index contributed by atoms with van der Waals surface area (Å²) >= 11 is 1.37. The quantitative estimate of drug-likeness (QED) is 0.0123. The Labute approximate surface area is 541 Å². The van der Waals surface area contributed by atoms with E-state index in [1.165, 1.54) is 11.3 Å². The van der Waals surface area contributed by atoms with Gasteiger partial charge in [-0.1, -0.05) is 6.07 Å². The number of carbonyl (C=O) groups is 7. The van der Waals surface area contributed by atoms with E-state index in [9.17, 15) is 42.0 Å². The molecule has 2 aromatic carbocycles. The van der Waals surface area contributed by atoms with E-state index in [0.717, 1.165) is 22.3 Å². The molecule has 0 saturated carbocycles. The highest BCUT2D eigenvalue weighted by molar-refractivity contribution is 7.89. The number of rotatable bonds is 28. The zero-order valence-corrected chi connectivity index (χ0v) is 56.8. The molecule has 4 amide bonds. The van der Waals surface area contributed by atoms with Crippen molar-refractivity contribution in [3.05, 3.63) is 51.9 Å². The highest BCUT2D eigenvalue weighted by Crippen LogP contribution is 2.46. The first-order valence-corrected chi connectivity index (χ1v) is 33.1. The fraction of sp³-hybridized carbons (Fsp3) is 0.594. The average Bonchev–Trinajstić information content (AvgIpc) is 1.53. The van der Waals surface area contributed by atoms with Gasteiger partial charge in [0.05, 0.1) is 61.9 Å². The predicted octanol–water partition coefficient (Wildman–Crippen LogP) is 6.11. The highest BCUT2D eigenvalue weighted by Gasteiger charge is 2.38. The number of fused-ring (bicyclic) bond motifs is 3. The topological polar surface area (TPSA) is 323 Å². The van der Waals surface area contributed by atoms with Crippen molar-refractivity contribution in [2.45, 2.75) is 181 Å². The van der Waals surface area contributed by atoms with Crippen LogP contribution in [0.15, 0.2) is 39.0 Å². The normalized spacial score (nSPS) is 15.7. The second-order valence-electron chi connectivity index (χ2n) is 26.3.